The summed E-state index contributed by atoms with van der Waals surface area (Å²) in [6, 6.07) is 4.06. The fourth-order valence-corrected chi connectivity index (χ4v) is 2.17. The van der Waals surface area contributed by atoms with Crippen LogP contribution in [0.15, 0.2) is 12.1 Å². The molecule has 0 amide bonds. The first kappa shape index (κ1) is 16.0. The molecule has 1 rings (SSSR count). The summed E-state index contributed by atoms with van der Waals surface area (Å²) < 4.78 is 5.30. The van der Waals surface area contributed by atoms with E-state index in [4.69, 9.17) is 14.9 Å². The van der Waals surface area contributed by atoms with Crippen LogP contribution in [-0.2, 0) is 6.42 Å². The zero-order valence-electron chi connectivity index (χ0n) is 12.1. The van der Waals surface area contributed by atoms with Crippen molar-refractivity contribution in [1.29, 1.82) is 0 Å². The molecule has 0 aliphatic rings. The van der Waals surface area contributed by atoms with Gasteiger partial charge in [0.05, 0.1) is 13.7 Å². The molecule has 0 heterocycles. The minimum absolute atomic E-state index is 0.0235. The topological polar surface area (TPSA) is 61.7 Å². The predicted molar refractivity (Wildman–Crippen MR) is 76.8 cm³/mol. The lowest BCUT2D eigenvalue weighted by Gasteiger charge is -2.16. The van der Waals surface area contributed by atoms with Gasteiger partial charge in [-0.3, -0.25) is 0 Å². The highest BCUT2D eigenvalue weighted by Gasteiger charge is 2.08. The van der Waals surface area contributed by atoms with Crippen LogP contribution in [0.5, 0.6) is 5.75 Å². The second kappa shape index (κ2) is 8.15. The predicted octanol–water partition coefficient (Wildman–Crippen LogP) is 1.19. The van der Waals surface area contributed by atoms with Crippen molar-refractivity contribution in [3.05, 3.63) is 28.8 Å². The van der Waals surface area contributed by atoms with Crippen LogP contribution in [0.4, 0.5) is 0 Å². The second-order valence-electron chi connectivity index (χ2n) is 4.77. The summed E-state index contributed by atoms with van der Waals surface area (Å²) in [5, 5.41) is 21.2. The molecule has 0 saturated carbocycles. The molecule has 0 aliphatic heterocycles. The second-order valence-corrected chi connectivity index (χ2v) is 4.77. The third kappa shape index (κ3) is 4.49. The average molecular weight is 267 g/mol. The number of hydrogen-bond acceptors (Lipinski definition) is 4. The zero-order chi connectivity index (χ0) is 14.3. The summed E-state index contributed by atoms with van der Waals surface area (Å²) in [4.78, 5) is 0. The summed E-state index contributed by atoms with van der Waals surface area (Å²) in [7, 11) is 1.68. The number of benzene rings is 1. The van der Waals surface area contributed by atoms with Gasteiger partial charge in [0.2, 0.25) is 0 Å². The van der Waals surface area contributed by atoms with Crippen LogP contribution in [0, 0.1) is 13.8 Å². The van der Waals surface area contributed by atoms with E-state index in [1.165, 1.54) is 16.7 Å². The molecule has 4 nitrogen and oxygen atoms in total. The van der Waals surface area contributed by atoms with E-state index in [9.17, 15) is 0 Å². The van der Waals surface area contributed by atoms with E-state index in [2.05, 4.69) is 25.2 Å². The summed E-state index contributed by atoms with van der Waals surface area (Å²) in [6.07, 6.45) is 1.48. The fraction of sp³-hybridized carbons (Fsp3) is 0.600. The molecular weight excluding hydrogens is 242 g/mol. The lowest BCUT2D eigenvalue weighted by atomic mass is 10.00. The summed E-state index contributed by atoms with van der Waals surface area (Å²) in [5.74, 6) is 0.919. The quantitative estimate of drug-likeness (QED) is 0.662. The average Bonchev–Trinajstić information content (AvgIpc) is 2.42. The lowest BCUT2D eigenvalue weighted by molar-refractivity contribution is 0.201. The normalized spacial score (nSPS) is 12.5. The Hall–Kier alpha value is -1.10. The molecular formula is C15H25NO3. The van der Waals surface area contributed by atoms with Crippen LogP contribution < -0.4 is 10.1 Å². The lowest BCUT2D eigenvalue weighted by Crippen LogP contribution is -2.34. The van der Waals surface area contributed by atoms with Crippen molar-refractivity contribution in [2.75, 3.05) is 26.9 Å². The Kier molecular flexibility index (Phi) is 6.84. The van der Waals surface area contributed by atoms with Crippen molar-refractivity contribution in [2.45, 2.75) is 32.7 Å². The van der Waals surface area contributed by atoms with E-state index >= 15 is 0 Å². The van der Waals surface area contributed by atoms with Gasteiger partial charge >= 0.3 is 0 Å². The molecule has 0 spiro atoms. The number of nitrogens with one attached hydrogen (secondary N) is 1. The van der Waals surface area contributed by atoms with Crippen LogP contribution in [-0.4, -0.2) is 43.1 Å². The smallest absolute Gasteiger partial charge is 0.122 e. The van der Waals surface area contributed by atoms with E-state index in [1.54, 1.807) is 7.11 Å². The van der Waals surface area contributed by atoms with E-state index in [-0.39, 0.29) is 19.3 Å². The molecule has 0 radical (unpaired) electrons. The Morgan fingerprint density at radius 2 is 1.95 bits per heavy atom. The molecule has 1 atom stereocenters. The van der Waals surface area contributed by atoms with E-state index < -0.39 is 0 Å². The summed E-state index contributed by atoms with van der Waals surface area (Å²) in [5.41, 5.74) is 3.71. The van der Waals surface area contributed by atoms with Crippen molar-refractivity contribution >= 4 is 0 Å². The molecule has 0 aliphatic carbocycles. The molecule has 1 aromatic carbocycles. The van der Waals surface area contributed by atoms with Gasteiger partial charge in [-0.2, -0.15) is 0 Å². The minimum Gasteiger partial charge on any atom is -0.496 e. The van der Waals surface area contributed by atoms with Gasteiger partial charge in [-0.1, -0.05) is 6.07 Å². The van der Waals surface area contributed by atoms with Gasteiger partial charge in [0.1, 0.15) is 5.75 Å². The molecule has 108 valence electrons. The Morgan fingerprint density at radius 1 is 1.21 bits per heavy atom. The zero-order valence-corrected chi connectivity index (χ0v) is 12.1. The summed E-state index contributed by atoms with van der Waals surface area (Å²) in [6.45, 7) is 5.11. The van der Waals surface area contributed by atoms with Crippen molar-refractivity contribution in [3.63, 3.8) is 0 Å². The third-order valence-corrected chi connectivity index (χ3v) is 3.59. The van der Waals surface area contributed by atoms with Crippen molar-refractivity contribution in [2.24, 2.45) is 0 Å². The number of hydrogen-bond donors (Lipinski definition) is 3. The van der Waals surface area contributed by atoms with Crippen LogP contribution in [0.2, 0.25) is 0 Å². The third-order valence-electron chi connectivity index (χ3n) is 3.59. The fourth-order valence-electron chi connectivity index (χ4n) is 2.17. The van der Waals surface area contributed by atoms with Gasteiger partial charge in [0.15, 0.2) is 0 Å². The highest BCUT2D eigenvalue weighted by molar-refractivity contribution is 5.43. The first-order valence-electron chi connectivity index (χ1n) is 6.72. The van der Waals surface area contributed by atoms with Crippen LogP contribution in [0.1, 0.15) is 23.1 Å². The SMILES string of the molecule is COc1ccc(CCNC(CO)CCO)c(C)c1C. The van der Waals surface area contributed by atoms with Crippen LogP contribution >= 0.6 is 0 Å². The molecule has 1 unspecified atom stereocenters. The van der Waals surface area contributed by atoms with Crippen LogP contribution in [0.25, 0.3) is 0 Å². The van der Waals surface area contributed by atoms with Gasteiger partial charge in [-0.05, 0) is 56.0 Å². The molecule has 3 N–H and O–H groups in total. The maximum absolute atomic E-state index is 9.13. The van der Waals surface area contributed by atoms with E-state index in [0.717, 1.165) is 18.7 Å². The first-order valence-corrected chi connectivity index (χ1v) is 6.72. The van der Waals surface area contributed by atoms with Gasteiger partial charge in [0.25, 0.3) is 0 Å². The monoisotopic (exact) mass is 267 g/mol. The van der Waals surface area contributed by atoms with Crippen molar-refractivity contribution in [3.8, 4) is 5.75 Å². The van der Waals surface area contributed by atoms with Crippen LogP contribution in [0.3, 0.4) is 0 Å². The highest BCUT2D eigenvalue weighted by Crippen LogP contribution is 2.23. The highest BCUT2D eigenvalue weighted by atomic mass is 16.5. The maximum atomic E-state index is 9.13. The molecule has 0 aromatic heterocycles. The largest absolute Gasteiger partial charge is 0.496 e. The van der Waals surface area contributed by atoms with Gasteiger partial charge in [-0.15, -0.1) is 0 Å². The molecule has 4 heteroatoms. The maximum Gasteiger partial charge on any atom is 0.122 e. The number of aliphatic hydroxyl groups is 2. The molecule has 1 aromatic rings. The van der Waals surface area contributed by atoms with E-state index in [0.29, 0.717) is 6.42 Å². The Morgan fingerprint density at radius 3 is 2.53 bits per heavy atom. The summed E-state index contributed by atoms with van der Waals surface area (Å²) >= 11 is 0. The molecule has 19 heavy (non-hydrogen) atoms. The number of aliphatic hydroxyl groups excluding tert-OH is 2. The van der Waals surface area contributed by atoms with Gasteiger partial charge in [0, 0.05) is 12.6 Å². The Labute approximate surface area is 115 Å². The Bertz CT molecular complexity index is 393. The number of ether oxygens (including phenoxy) is 1. The molecule has 0 saturated heterocycles. The van der Waals surface area contributed by atoms with Crippen molar-refractivity contribution < 1.29 is 14.9 Å². The molecule has 0 fully saturated rings. The molecule has 0 bridgehead atoms. The van der Waals surface area contributed by atoms with Gasteiger partial charge < -0.3 is 20.3 Å². The minimum atomic E-state index is -0.0235. The number of rotatable bonds is 8. The van der Waals surface area contributed by atoms with Crippen molar-refractivity contribution in [1.82, 2.24) is 5.32 Å². The Balaban J connectivity index is 2.56. The first-order chi connectivity index (χ1) is 9.13. The van der Waals surface area contributed by atoms with E-state index in [1.807, 2.05) is 6.07 Å². The standard InChI is InChI=1S/C15H25NO3/c1-11-12(2)15(19-3)5-4-13(11)6-8-16-14(10-18)7-9-17/h4-5,14,16-18H,6-10H2,1-3H3. The van der Waals surface area contributed by atoms with Gasteiger partial charge in [-0.25, -0.2) is 0 Å². The number of methoxy groups -OCH3 is 1.